The van der Waals surface area contributed by atoms with Crippen LogP contribution in [0, 0.1) is 5.82 Å². The van der Waals surface area contributed by atoms with Crippen LogP contribution in [0.2, 0.25) is 0 Å². The second-order valence-corrected chi connectivity index (χ2v) is 8.14. The van der Waals surface area contributed by atoms with Crippen LogP contribution in [0.3, 0.4) is 0 Å². The first-order valence-corrected chi connectivity index (χ1v) is 10.5. The molecule has 0 radical (unpaired) electrons. The number of nitrogens with one attached hydrogen (secondary N) is 2. The van der Waals surface area contributed by atoms with Crippen molar-refractivity contribution in [2.45, 2.75) is 37.6 Å². The molecule has 0 unspecified atom stereocenters. The Morgan fingerprint density at radius 2 is 2.00 bits per heavy atom. The second kappa shape index (κ2) is 7.89. The highest BCUT2D eigenvalue weighted by atomic mass is 19.1. The van der Waals surface area contributed by atoms with Gasteiger partial charge in [-0.15, -0.1) is 0 Å². The largest absolute Gasteiger partial charge is 0.356 e. The lowest BCUT2D eigenvalue weighted by Gasteiger charge is -2.33. The van der Waals surface area contributed by atoms with Crippen molar-refractivity contribution < 1.29 is 9.18 Å². The molecule has 1 aliphatic heterocycles. The van der Waals surface area contributed by atoms with Gasteiger partial charge < -0.3 is 10.2 Å². The minimum Gasteiger partial charge on any atom is -0.356 e. The van der Waals surface area contributed by atoms with Crippen molar-refractivity contribution in [3.8, 4) is 11.1 Å². The molecule has 1 atom stereocenters. The van der Waals surface area contributed by atoms with Gasteiger partial charge in [-0.2, -0.15) is 5.10 Å². The van der Waals surface area contributed by atoms with E-state index < -0.39 is 0 Å². The van der Waals surface area contributed by atoms with Crippen molar-refractivity contribution in [3.05, 3.63) is 65.9 Å². The Morgan fingerprint density at radius 1 is 1.17 bits per heavy atom. The normalized spacial score (nSPS) is 19.0. The van der Waals surface area contributed by atoms with E-state index in [2.05, 4.69) is 25.4 Å². The van der Waals surface area contributed by atoms with Gasteiger partial charge in [0.2, 0.25) is 0 Å². The van der Waals surface area contributed by atoms with Crippen LogP contribution in [0.15, 0.2) is 48.8 Å². The highest BCUT2D eigenvalue weighted by molar-refractivity contribution is 5.95. The SMILES string of the molecule is O=C(NC1CC1)c1ccnc(N2CCC[C@H](c3[nH]ncc3-c3ccc(F)cc3)C2)c1. The molecule has 6 nitrogen and oxygen atoms in total. The summed E-state index contributed by atoms with van der Waals surface area (Å²) in [5, 5.41) is 10.5. The van der Waals surface area contributed by atoms with Crippen molar-refractivity contribution in [2.24, 2.45) is 0 Å². The standard InChI is InChI=1S/C23H24FN5O/c24-18-5-3-15(4-6-18)20-13-26-28-22(20)17-2-1-11-29(14-17)21-12-16(9-10-25-21)23(30)27-19-7-8-19/h3-6,9-10,12-13,17,19H,1-2,7-8,11,14H2,(H,26,28)(H,27,30)/t17-/m0/s1. The van der Waals surface area contributed by atoms with E-state index in [1.165, 1.54) is 12.1 Å². The van der Waals surface area contributed by atoms with E-state index >= 15 is 0 Å². The number of H-pyrrole nitrogens is 1. The minimum atomic E-state index is -0.246. The minimum absolute atomic E-state index is 0.0260. The number of amides is 1. The highest BCUT2D eigenvalue weighted by Crippen LogP contribution is 2.34. The number of hydrogen-bond acceptors (Lipinski definition) is 4. The van der Waals surface area contributed by atoms with Gasteiger partial charge in [-0.25, -0.2) is 9.37 Å². The average molecular weight is 405 g/mol. The molecule has 30 heavy (non-hydrogen) atoms. The smallest absolute Gasteiger partial charge is 0.251 e. The highest BCUT2D eigenvalue weighted by Gasteiger charge is 2.27. The first-order chi connectivity index (χ1) is 14.7. The number of benzene rings is 1. The molecule has 154 valence electrons. The number of piperidine rings is 1. The molecule has 0 spiro atoms. The number of aromatic nitrogens is 3. The molecular weight excluding hydrogens is 381 g/mol. The van der Waals surface area contributed by atoms with Gasteiger partial charge in [0.1, 0.15) is 11.6 Å². The maximum atomic E-state index is 13.3. The molecule has 3 aromatic rings. The fourth-order valence-corrected chi connectivity index (χ4v) is 4.12. The number of halogens is 1. The van der Waals surface area contributed by atoms with E-state index in [1.54, 1.807) is 24.4 Å². The van der Waals surface area contributed by atoms with Crippen molar-refractivity contribution in [2.75, 3.05) is 18.0 Å². The molecule has 2 fully saturated rings. The molecule has 2 aromatic heterocycles. The Hall–Kier alpha value is -3.22. The van der Waals surface area contributed by atoms with Gasteiger partial charge in [-0.3, -0.25) is 9.89 Å². The van der Waals surface area contributed by atoms with Gasteiger partial charge >= 0.3 is 0 Å². The Labute approximate surface area is 174 Å². The molecule has 2 aliphatic rings. The number of rotatable bonds is 5. The summed E-state index contributed by atoms with van der Waals surface area (Å²) in [7, 11) is 0. The zero-order valence-corrected chi connectivity index (χ0v) is 16.6. The molecule has 1 saturated carbocycles. The van der Waals surface area contributed by atoms with Gasteiger partial charge in [-0.1, -0.05) is 12.1 Å². The summed E-state index contributed by atoms with van der Waals surface area (Å²) in [6.07, 6.45) is 7.71. The molecule has 5 rings (SSSR count). The van der Waals surface area contributed by atoms with Crippen LogP contribution in [0.4, 0.5) is 10.2 Å². The van der Waals surface area contributed by atoms with Crippen LogP contribution in [-0.4, -0.2) is 40.2 Å². The zero-order valence-electron chi connectivity index (χ0n) is 16.6. The molecule has 1 saturated heterocycles. The van der Waals surface area contributed by atoms with Gasteiger partial charge in [0.25, 0.3) is 5.91 Å². The molecular formula is C23H24FN5O. The maximum Gasteiger partial charge on any atom is 0.251 e. The summed E-state index contributed by atoms with van der Waals surface area (Å²) < 4.78 is 13.3. The Morgan fingerprint density at radius 3 is 2.80 bits per heavy atom. The van der Waals surface area contributed by atoms with Crippen LogP contribution >= 0.6 is 0 Å². The third-order valence-electron chi connectivity index (χ3n) is 5.90. The van der Waals surface area contributed by atoms with E-state index in [0.717, 1.165) is 61.4 Å². The fourth-order valence-electron chi connectivity index (χ4n) is 4.12. The van der Waals surface area contributed by atoms with Crippen LogP contribution in [0.25, 0.3) is 11.1 Å². The quantitative estimate of drug-likeness (QED) is 0.676. The third-order valence-corrected chi connectivity index (χ3v) is 5.90. The van der Waals surface area contributed by atoms with E-state index in [0.29, 0.717) is 11.6 Å². The number of pyridine rings is 1. The first kappa shape index (κ1) is 18.8. The van der Waals surface area contributed by atoms with Crippen LogP contribution in [0.5, 0.6) is 0 Å². The number of carbonyl (C=O) groups excluding carboxylic acids is 1. The monoisotopic (exact) mass is 405 g/mol. The zero-order chi connectivity index (χ0) is 20.5. The summed E-state index contributed by atoms with van der Waals surface area (Å²) in [4.78, 5) is 19.2. The summed E-state index contributed by atoms with van der Waals surface area (Å²) >= 11 is 0. The molecule has 1 amide bonds. The predicted octanol–water partition coefficient (Wildman–Crippen LogP) is 3.89. The molecule has 7 heteroatoms. The Balaban J connectivity index is 1.35. The number of carbonyl (C=O) groups is 1. The van der Waals surface area contributed by atoms with Gasteiger partial charge in [-0.05, 0) is 55.5 Å². The Bertz CT molecular complexity index is 1040. The second-order valence-electron chi connectivity index (χ2n) is 8.14. The lowest BCUT2D eigenvalue weighted by Crippen LogP contribution is -2.35. The molecule has 2 N–H and O–H groups in total. The van der Waals surface area contributed by atoms with E-state index in [9.17, 15) is 9.18 Å². The first-order valence-electron chi connectivity index (χ1n) is 10.5. The van der Waals surface area contributed by atoms with Gasteiger partial charge in [0.15, 0.2) is 0 Å². The maximum absolute atomic E-state index is 13.3. The number of aromatic amines is 1. The predicted molar refractivity (Wildman–Crippen MR) is 113 cm³/mol. The Kier molecular flexibility index (Phi) is 4.94. The van der Waals surface area contributed by atoms with Crippen LogP contribution in [0.1, 0.15) is 47.7 Å². The van der Waals surface area contributed by atoms with Gasteiger partial charge in [0, 0.05) is 48.1 Å². The average Bonchev–Trinajstić information content (AvgIpc) is 3.46. The van der Waals surface area contributed by atoms with Gasteiger partial charge in [0.05, 0.1) is 6.20 Å². The molecule has 0 bridgehead atoms. The summed E-state index contributed by atoms with van der Waals surface area (Å²) in [6, 6.07) is 10.5. The summed E-state index contributed by atoms with van der Waals surface area (Å²) in [6.45, 7) is 1.69. The number of anilines is 1. The number of hydrogen-bond donors (Lipinski definition) is 2. The molecule has 3 heterocycles. The van der Waals surface area contributed by atoms with E-state index in [-0.39, 0.29) is 17.6 Å². The topological polar surface area (TPSA) is 73.9 Å². The summed E-state index contributed by atoms with van der Waals surface area (Å²) in [5.41, 5.74) is 3.68. The van der Waals surface area contributed by atoms with E-state index in [4.69, 9.17) is 0 Å². The lowest BCUT2D eigenvalue weighted by atomic mass is 9.90. The van der Waals surface area contributed by atoms with Crippen molar-refractivity contribution >= 4 is 11.7 Å². The van der Waals surface area contributed by atoms with Crippen molar-refractivity contribution in [3.63, 3.8) is 0 Å². The summed E-state index contributed by atoms with van der Waals surface area (Å²) in [5.74, 6) is 0.809. The van der Waals surface area contributed by atoms with Crippen LogP contribution in [-0.2, 0) is 0 Å². The molecule has 1 aliphatic carbocycles. The van der Waals surface area contributed by atoms with Crippen molar-refractivity contribution in [1.82, 2.24) is 20.5 Å². The molecule has 1 aromatic carbocycles. The fraction of sp³-hybridized carbons (Fsp3) is 0.348. The lowest BCUT2D eigenvalue weighted by molar-refractivity contribution is 0.0951. The van der Waals surface area contributed by atoms with E-state index in [1.807, 2.05) is 12.3 Å². The third kappa shape index (κ3) is 3.92. The van der Waals surface area contributed by atoms with Crippen molar-refractivity contribution in [1.29, 1.82) is 0 Å². The van der Waals surface area contributed by atoms with Crippen LogP contribution < -0.4 is 10.2 Å². The number of nitrogens with zero attached hydrogens (tertiary/aromatic N) is 3.